The molecule has 0 saturated carbocycles. The lowest BCUT2D eigenvalue weighted by Crippen LogP contribution is -2.20. The molecule has 2 rings (SSSR count). The van der Waals surface area contributed by atoms with Gasteiger partial charge in [0.25, 0.3) is 0 Å². The van der Waals surface area contributed by atoms with E-state index in [-0.39, 0.29) is 17.4 Å². The molecule has 0 aliphatic heterocycles. The minimum Gasteiger partial charge on any atom is -0.338 e. The number of nitriles is 1. The van der Waals surface area contributed by atoms with Crippen molar-refractivity contribution < 1.29 is 13.5 Å². The van der Waals surface area contributed by atoms with Crippen LogP contribution in [0.1, 0.15) is 31.1 Å². The number of aromatic nitrogens is 2. The fourth-order valence-electron chi connectivity index (χ4n) is 2.00. The summed E-state index contributed by atoms with van der Waals surface area (Å²) in [5, 5.41) is 15.3. The number of benzene rings is 1. The number of hydrogen-bond donors (Lipinski definition) is 1. The van der Waals surface area contributed by atoms with Crippen molar-refractivity contribution in [3.05, 3.63) is 41.5 Å². The highest BCUT2D eigenvalue weighted by molar-refractivity contribution is 7.84. The first-order valence-corrected chi connectivity index (χ1v) is 8.91. The monoisotopic (exact) mass is 346 g/mol. The first-order chi connectivity index (χ1) is 11.5. The molecule has 1 aromatic heterocycles. The van der Waals surface area contributed by atoms with E-state index >= 15 is 0 Å². The van der Waals surface area contributed by atoms with Crippen LogP contribution < -0.4 is 5.32 Å². The third kappa shape index (κ3) is 5.59. The Labute approximate surface area is 142 Å². The predicted molar refractivity (Wildman–Crippen MR) is 89.3 cm³/mol. The minimum atomic E-state index is -1.45. The summed E-state index contributed by atoms with van der Waals surface area (Å²) in [6, 6.07) is 8.51. The highest BCUT2D eigenvalue weighted by Gasteiger charge is 2.14. The van der Waals surface area contributed by atoms with E-state index in [2.05, 4.69) is 15.5 Å². The van der Waals surface area contributed by atoms with E-state index in [9.17, 15) is 9.00 Å². The third-order valence-electron chi connectivity index (χ3n) is 2.95. The molecule has 0 aliphatic rings. The van der Waals surface area contributed by atoms with Gasteiger partial charge in [-0.3, -0.25) is 9.00 Å². The maximum atomic E-state index is 12.0. The zero-order valence-corrected chi connectivity index (χ0v) is 14.3. The molecule has 8 heteroatoms. The molecule has 0 aliphatic carbocycles. The second-order valence-corrected chi connectivity index (χ2v) is 7.13. The molecule has 0 bridgehead atoms. The van der Waals surface area contributed by atoms with Crippen molar-refractivity contribution in [3.8, 4) is 6.07 Å². The normalized spacial score (nSPS) is 11.9. The summed E-state index contributed by atoms with van der Waals surface area (Å²) in [4.78, 5) is 16.1. The van der Waals surface area contributed by atoms with Crippen LogP contribution in [0, 0.1) is 17.2 Å². The Balaban J connectivity index is 1.86. The molecule has 1 N–H and O–H groups in total. The fourth-order valence-corrected chi connectivity index (χ4v) is 2.85. The summed E-state index contributed by atoms with van der Waals surface area (Å²) < 4.78 is 17.1. The minimum absolute atomic E-state index is 0.0384. The van der Waals surface area contributed by atoms with Gasteiger partial charge in [0.15, 0.2) is 5.82 Å². The van der Waals surface area contributed by atoms with Crippen molar-refractivity contribution in [2.45, 2.75) is 26.0 Å². The molecule has 0 fully saturated rings. The molecule has 1 amide bonds. The number of nitrogens with one attached hydrogen (secondary N) is 1. The Morgan fingerprint density at radius 2 is 2.25 bits per heavy atom. The molecule has 24 heavy (non-hydrogen) atoms. The lowest BCUT2D eigenvalue weighted by molar-refractivity contribution is -0.113. The molecule has 126 valence electrons. The number of amides is 1. The summed E-state index contributed by atoms with van der Waals surface area (Å²) in [6.07, 6.45) is 0.686. The van der Waals surface area contributed by atoms with E-state index in [0.29, 0.717) is 29.4 Å². The average molecular weight is 346 g/mol. The first-order valence-electron chi connectivity index (χ1n) is 7.42. The van der Waals surface area contributed by atoms with Crippen LogP contribution >= 0.6 is 0 Å². The SMILES string of the molecule is CC(C)Cc1noc(CS(=O)CC(=O)Nc2cccc(C#N)c2)n1. The maximum absolute atomic E-state index is 12.0. The average Bonchev–Trinajstić information content (AvgIpc) is 2.93. The van der Waals surface area contributed by atoms with Gasteiger partial charge in [-0.05, 0) is 24.1 Å². The van der Waals surface area contributed by atoms with Gasteiger partial charge in [-0.25, -0.2) is 0 Å². The molecule has 0 spiro atoms. The van der Waals surface area contributed by atoms with Gasteiger partial charge < -0.3 is 9.84 Å². The summed E-state index contributed by atoms with van der Waals surface area (Å²) in [5.74, 6) is 0.703. The number of anilines is 1. The van der Waals surface area contributed by atoms with Gasteiger partial charge in [0.1, 0.15) is 11.5 Å². The van der Waals surface area contributed by atoms with Crippen molar-refractivity contribution in [3.63, 3.8) is 0 Å². The Morgan fingerprint density at radius 1 is 1.46 bits per heavy atom. The Kier molecular flexibility index (Phi) is 6.21. The Morgan fingerprint density at radius 3 is 2.96 bits per heavy atom. The Bertz CT molecular complexity index is 780. The van der Waals surface area contributed by atoms with Gasteiger partial charge in [-0.2, -0.15) is 10.2 Å². The number of nitrogens with zero attached hydrogens (tertiary/aromatic N) is 3. The summed E-state index contributed by atoms with van der Waals surface area (Å²) in [7, 11) is -1.45. The quantitative estimate of drug-likeness (QED) is 0.821. The van der Waals surface area contributed by atoms with Gasteiger partial charge in [0, 0.05) is 22.9 Å². The molecule has 0 radical (unpaired) electrons. The van der Waals surface area contributed by atoms with E-state index in [1.807, 2.05) is 19.9 Å². The second-order valence-electron chi connectivity index (χ2n) is 5.67. The van der Waals surface area contributed by atoms with E-state index in [4.69, 9.17) is 9.78 Å². The van der Waals surface area contributed by atoms with E-state index in [0.717, 1.165) is 0 Å². The lowest BCUT2D eigenvalue weighted by Gasteiger charge is -2.04. The standard InChI is InChI=1S/C16H18N4O3S/c1-11(2)6-14-19-16(23-20-14)10-24(22)9-15(21)18-13-5-3-4-12(7-13)8-17/h3-5,7,11H,6,9-10H2,1-2H3,(H,18,21). The van der Waals surface area contributed by atoms with Crippen LogP contribution in [0.5, 0.6) is 0 Å². The number of rotatable bonds is 7. The van der Waals surface area contributed by atoms with Crippen LogP contribution in [0.3, 0.4) is 0 Å². The van der Waals surface area contributed by atoms with E-state index < -0.39 is 16.7 Å². The van der Waals surface area contributed by atoms with E-state index in [1.165, 1.54) is 0 Å². The third-order valence-corrected chi connectivity index (χ3v) is 4.11. The molecular weight excluding hydrogens is 328 g/mol. The zero-order chi connectivity index (χ0) is 17.5. The number of carbonyl (C=O) groups is 1. The van der Waals surface area contributed by atoms with Crippen LogP contribution in [0.15, 0.2) is 28.8 Å². The van der Waals surface area contributed by atoms with Crippen molar-refractivity contribution in [1.82, 2.24) is 10.1 Å². The van der Waals surface area contributed by atoms with Crippen molar-refractivity contribution >= 4 is 22.4 Å². The van der Waals surface area contributed by atoms with Gasteiger partial charge >= 0.3 is 0 Å². The molecule has 1 heterocycles. The summed E-state index contributed by atoms with van der Waals surface area (Å²) in [6.45, 7) is 4.08. The smallest absolute Gasteiger partial charge is 0.239 e. The molecule has 0 saturated heterocycles. The molecule has 1 aromatic carbocycles. The van der Waals surface area contributed by atoms with Crippen LogP contribution in [0.4, 0.5) is 5.69 Å². The lowest BCUT2D eigenvalue weighted by atomic mass is 10.1. The first kappa shape index (κ1) is 17.8. The van der Waals surface area contributed by atoms with Gasteiger partial charge in [-0.1, -0.05) is 25.1 Å². The summed E-state index contributed by atoms with van der Waals surface area (Å²) in [5.41, 5.74) is 0.936. The molecule has 7 nitrogen and oxygen atoms in total. The predicted octanol–water partition coefficient (Wildman–Crippen LogP) is 2.03. The van der Waals surface area contributed by atoms with Crippen LogP contribution in [0.2, 0.25) is 0 Å². The molecule has 1 atom stereocenters. The van der Waals surface area contributed by atoms with Crippen molar-refractivity contribution in [1.29, 1.82) is 5.26 Å². The fraction of sp³-hybridized carbons (Fsp3) is 0.375. The van der Waals surface area contributed by atoms with Crippen LogP contribution in [-0.2, 0) is 27.8 Å². The van der Waals surface area contributed by atoms with Gasteiger partial charge in [0.2, 0.25) is 11.8 Å². The zero-order valence-electron chi connectivity index (χ0n) is 13.5. The highest BCUT2D eigenvalue weighted by Crippen LogP contribution is 2.10. The Hall–Kier alpha value is -2.53. The second kappa shape index (κ2) is 8.36. The molecule has 1 unspecified atom stereocenters. The molecular formula is C16H18N4O3S. The largest absolute Gasteiger partial charge is 0.338 e. The maximum Gasteiger partial charge on any atom is 0.239 e. The van der Waals surface area contributed by atoms with E-state index in [1.54, 1.807) is 24.3 Å². The van der Waals surface area contributed by atoms with Crippen LogP contribution in [-0.4, -0.2) is 26.0 Å². The molecule has 2 aromatic rings. The van der Waals surface area contributed by atoms with Crippen LogP contribution in [0.25, 0.3) is 0 Å². The number of hydrogen-bond acceptors (Lipinski definition) is 6. The topological polar surface area (TPSA) is 109 Å². The van der Waals surface area contributed by atoms with Crippen molar-refractivity contribution in [2.75, 3.05) is 11.1 Å². The highest BCUT2D eigenvalue weighted by atomic mass is 32.2. The summed E-state index contributed by atoms with van der Waals surface area (Å²) >= 11 is 0. The van der Waals surface area contributed by atoms with Gasteiger partial charge in [0.05, 0.1) is 11.6 Å². The number of carbonyl (C=O) groups excluding carboxylic acids is 1. The van der Waals surface area contributed by atoms with Crippen molar-refractivity contribution in [2.24, 2.45) is 5.92 Å². The van der Waals surface area contributed by atoms with Gasteiger partial charge in [-0.15, -0.1) is 0 Å².